The molecule has 1 unspecified atom stereocenters. The van der Waals surface area contributed by atoms with E-state index in [2.05, 4.69) is 5.10 Å². The molecule has 2 aliphatic rings. The number of carbonyl (C=O) groups is 1. The lowest BCUT2D eigenvalue weighted by Gasteiger charge is -2.28. The maximum atomic E-state index is 13.3. The fraction of sp³-hybridized carbons (Fsp3) is 0.400. The van der Waals surface area contributed by atoms with E-state index in [9.17, 15) is 9.18 Å². The van der Waals surface area contributed by atoms with Crippen LogP contribution in [0.1, 0.15) is 24.6 Å². The average Bonchev–Trinajstić information content (AvgIpc) is 3.18. The lowest BCUT2D eigenvalue weighted by Crippen LogP contribution is -2.39. The fourth-order valence-corrected chi connectivity index (χ4v) is 3.68. The number of fused-ring (bicyclic) bond motifs is 1. The van der Waals surface area contributed by atoms with Crippen molar-refractivity contribution in [3.05, 3.63) is 59.2 Å². The molecule has 8 heteroatoms. The van der Waals surface area contributed by atoms with E-state index in [1.807, 2.05) is 40.7 Å². The SMILES string of the molecule is CN1C=C(C(=O)N2CCn3nc(OCc4cccc(F)c4)cc3C2)CC1(C)Cl. The Labute approximate surface area is 168 Å². The third kappa shape index (κ3) is 3.71. The molecule has 0 saturated heterocycles. The van der Waals surface area contributed by atoms with E-state index >= 15 is 0 Å². The minimum Gasteiger partial charge on any atom is -0.472 e. The van der Waals surface area contributed by atoms with Gasteiger partial charge in [0, 0.05) is 37.9 Å². The van der Waals surface area contributed by atoms with Crippen LogP contribution in [0, 0.1) is 5.82 Å². The average molecular weight is 405 g/mol. The molecule has 2 aromatic rings. The fourth-order valence-electron chi connectivity index (χ4n) is 3.49. The normalized spacial score (nSPS) is 21.5. The first-order chi connectivity index (χ1) is 13.3. The summed E-state index contributed by atoms with van der Waals surface area (Å²) in [6.45, 7) is 3.79. The minimum absolute atomic E-state index is 0.00547. The molecule has 1 amide bonds. The highest BCUT2D eigenvalue weighted by Crippen LogP contribution is 2.35. The molecule has 2 aliphatic heterocycles. The van der Waals surface area contributed by atoms with Crippen LogP contribution in [0.5, 0.6) is 5.88 Å². The molecular formula is C20H22ClFN4O2. The van der Waals surface area contributed by atoms with Crippen molar-refractivity contribution in [3.8, 4) is 5.88 Å². The molecule has 0 radical (unpaired) electrons. The molecule has 0 spiro atoms. The van der Waals surface area contributed by atoms with Gasteiger partial charge in [-0.2, -0.15) is 0 Å². The molecule has 1 atom stereocenters. The van der Waals surface area contributed by atoms with Gasteiger partial charge in [-0.3, -0.25) is 9.48 Å². The van der Waals surface area contributed by atoms with Crippen molar-refractivity contribution in [1.29, 1.82) is 0 Å². The smallest absolute Gasteiger partial charge is 0.251 e. The first-order valence-electron chi connectivity index (χ1n) is 9.18. The van der Waals surface area contributed by atoms with Crippen LogP contribution >= 0.6 is 11.6 Å². The van der Waals surface area contributed by atoms with Crippen molar-refractivity contribution < 1.29 is 13.9 Å². The van der Waals surface area contributed by atoms with Crippen LogP contribution < -0.4 is 4.74 Å². The highest BCUT2D eigenvalue weighted by atomic mass is 35.5. The summed E-state index contributed by atoms with van der Waals surface area (Å²) in [5.74, 6) is 0.187. The molecule has 0 aliphatic carbocycles. The largest absolute Gasteiger partial charge is 0.472 e. The van der Waals surface area contributed by atoms with Crippen molar-refractivity contribution in [2.24, 2.45) is 0 Å². The number of halogens is 2. The highest BCUT2D eigenvalue weighted by molar-refractivity contribution is 6.24. The molecule has 148 valence electrons. The Hall–Kier alpha value is -2.54. The van der Waals surface area contributed by atoms with Gasteiger partial charge in [-0.15, -0.1) is 5.10 Å². The van der Waals surface area contributed by atoms with Gasteiger partial charge in [0.2, 0.25) is 5.88 Å². The second kappa shape index (κ2) is 7.13. The van der Waals surface area contributed by atoms with Crippen LogP contribution in [-0.2, 0) is 24.5 Å². The van der Waals surface area contributed by atoms with Crippen molar-refractivity contribution in [3.63, 3.8) is 0 Å². The Morgan fingerprint density at radius 2 is 2.18 bits per heavy atom. The molecule has 0 fully saturated rings. The molecule has 6 nitrogen and oxygen atoms in total. The number of alkyl halides is 1. The molecule has 28 heavy (non-hydrogen) atoms. The van der Waals surface area contributed by atoms with Crippen molar-refractivity contribution >= 4 is 17.5 Å². The van der Waals surface area contributed by atoms with Gasteiger partial charge in [-0.1, -0.05) is 23.7 Å². The van der Waals surface area contributed by atoms with Gasteiger partial charge in [0.25, 0.3) is 5.91 Å². The Bertz CT molecular complexity index is 940. The third-order valence-corrected chi connectivity index (χ3v) is 5.61. The molecule has 3 heterocycles. The lowest BCUT2D eigenvalue weighted by molar-refractivity contribution is -0.128. The number of carbonyl (C=O) groups excluding carboxylic acids is 1. The molecule has 1 aromatic heterocycles. The summed E-state index contributed by atoms with van der Waals surface area (Å²) in [6.07, 6.45) is 2.34. The van der Waals surface area contributed by atoms with E-state index in [0.29, 0.717) is 31.9 Å². The monoisotopic (exact) mass is 404 g/mol. The highest BCUT2D eigenvalue weighted by Gasteiger charge is 2.36. The summed E-state index contributed by atoms with van der Waals surface area (Å²) >= 11 is 6.42. The predicted octanol–water partition coefficient (Wildman–Crippen LogP) is 3.12. The van der Waals surface area contributed by atoms with Crippen LogP contribution in [-0.4, -0.2) is 44.1 Å². The van der Waals surface area contributed by atoms with E-state index in [4.69, 9.17) is 16.3 Å². The predicted molar refractivity (Wildman–Crippen MR) is 103 cm³/mol. The second-order valence-electron chi connectivity index (χ2n) is 7.43. The second-order valence-corrected chi connectivity index (χ2v) is 8.24. The van der Waals surface area contributed by atoms with Gasteiger partial charge in [-0.25, -0.2) is 4.39 Å². The lowest BCUT2D eigenvalue weighted by atomic mass is 10.1. The van der Waals surface area contributed by atoms with E-state index in [1.165, 1.54) is 12.1 Å². The third-order valence-electron chi connectivity index (χ3n) is 5.21. The first-order valence-corrected chi connectivity index (χ1v) is 9.55. The number of hydrogen-bond donors (Lipinski definition) is 0. The van der Waals surface area contributed by atoms with Crippen molar-refractivity contribution in [1.82, 2.24) is 19.6 Å². The van der Waals surface area contributed by atoms with Crippen LogP contribution in [0.4, 0.5) is 4.39 Å². The number of rotatable bonds is 4. The van der Waals surface area contributed by atoms with E-state index < -0.39 is 5.00 Å². The van der Waals surface area contributed by atoms with Gasteiger partial charge < -0.3 is 14.5 Å². The molecule has 0 bridgehead atoms. The number of amides is 1. The molecule has 4 rings (SSSR count). The van der Waals surface area contributed by atoms with Gasteiger partial charge >= 0.3 is 0 Å². The Kier molecular flexibility index (Phi) is 4.79. The summed E-state index contributed by atoms with van der Waals surface area (Å²) in [6, 6.07) is 8.12. The molecule has 1 aromatic carbocycles. The van der Waals surface area contributed by atoms with E-state index in [0.717, 1.165) is 16.8 Å². The summed E-state index contributed by atoms with van der Waals surface area (Å²) < 4.78 is 20.8. The van der Waals surface area contributed by atoms with Gasteiger partial charge in [0.15, 0.2) is 0 Å². The molecule has 0 saturated carbocycles. The van der Waals surface area contributed by atoms with Crippen molar-refractivity contribution in [2.45, 2.75) is 38.0 Å². The van der Waals surface area contributed by atoms with Crippen LogP contribution in [0.25, 0.3) is 0 Å². The quantitative estimate of drug-likeness (QED) is 0.580. The Morgan fingerprint density at radius 3 is 2.89 bits per heavy atom. The minimum atomic E-state index is -0.555. The standard InChI is InChI=1S/C20H22ClFN4O2/c1-20(21)10-15(11-24(20)2)19(27)25-6-7-26-17(12-25)9-18(23-26)28-13-14-4-3-5-16(22)8-14/h3-5,8-9,11H,6-7,10,12-13H2,1-2H3. The van der Waals surface area contributed by atoms with Crippen molar-refractivity contribution in [2.75, 3.05) is 13.6 Å². The molecular weight excluding hydrogens is 383 g/mol. The van der Waals surface area contributed by atoms with E-state index in [-0.39, 0.29) is 18.3 Å². The maximum absolute atomic E-state index is 13.3. The Morgan fingerprint density at radius 1 is 1.36 bits per heavy atom. The summed E-state index contributed by atoms with van der Waals surface area (Å²) in [5.41, 5.74) is 2.37. The van der Waals surface area contributed by atoms with Gasteiger partial charge in [0.05, 0.1) is 18.8 Å². The number of hydrogen-bond acceptors (Lipinski definition) is 4. The summed E-state index contributed by atoms with van der Waals surface area (Å²) in [5, 5.41) is 4.43. The Balaban J connectivity index is 1.41. The zero-order chi connectivity index (χ0) is 19.9. The topological polar surface area (TPSA) is 50.6 Å². The number of benzene rings is 1. The van der Waals surface area contributed by atoms with E-state index in [1.54, 1.807) is 12.1 Å². The first kappa shape index (κ1) is 18.8. The van der Waals surface area contributed by atoms with Gasteiger partial charge in [0.1, 0.15) is 17.4 Å². The van der Waals surface area contributed by atoms with Crippen LogP contribution in [0.15, 0.2) is 42.1 Å². The number of ether oxygens (including phenoxy) is 1. The van der Waals surface area contributed by atoms with Gasteiger partial charge in [-0.05, 0) is 24.6 Å². The number of aromatic nitrogens is 2. The van der Waals surface area contributed by atoms with Crippen LogP contribution in [0.3, 0.4) is 0 Å². The van der Waals surface area contributed by atoms with Crippen LogP contribution in [0.2, 0.25) is 0 Å². The zero-order valence-electron chi connectivity index (χ0n) is 15.9. The summed E-state index contributed by atoms with van der Waals surface area (Å²) in [4.78, 5) is 16.0. The summed E-state index contributed by atoms with van der Waals surface area (Å²) in [7, 11) is 1.88. The molecule has 0 N–H and O–H groups in total. The maximum Gasteiger partial charge on any atom is 0.251 e. The number of nitrogens with zero attached hydrogens (tertiary/aromatic N) is 4. The zero-order valence-corrected chi connectivity index (χ0v) is 16.6.